The third kappa shape index (κ3) is 3.32. The minimum Gasteiger partial charge on any atom is -0.481 e. The average Bonchev–Trinajstić information content (AvgIpc) is 2.85. The molecule has 94 valence electrons. The summed E-state index contributed by atoms with van der Waals surface area (Å²) < 4.78 is 5.98. The van der Waals surface area contributed by atoms with Crippen molar-refractivity contribution < 1.29 is 14.3 Å². The van der Waals surface area contributed by atoms with Crippen LogP contribution in [0, 0.1) is 11.8 Å². The van der Waals surface area contributed by atoms with E-state index in [1.54, 1.807) is 0 Å². The first-order chi connectivity index (χ1) is 7.15. The van der Waals surface area contributed by atoms with E-state index >= 15 is 0 Å². The first-order valence-corrected chi connectivity index (χ1v) is 8.93. The van der Waals surface area contributed by atoms with Gasteiger partial charge < -0.3 is 9.53 Å². The van der Waals surface area contributed by atoms with Crippen LogP contribution in [0.1, 0.15) is 33.6 Å². The van der Waals surface area contributed by atoms with Gasteiger partial charge in [0.2, 0.25) is 0 Å². The fourth-order valence-electron chi connectivity index (χ4n) is 1.42. The molecule has 0 aliphatic heterocycles. The van der Waals surface area contributed by atoms with Crippen LogP contribution in [0.5, 0.6) is 0 Å². The molecule has 0 radical (unpaired) electrons. The third-order valence-corrected chi connectivity index (χ3v) is 8.44. The Morgan fingerprint density at radius 2 is 1.94 bits per heavy atom. The monoisotopic (exact) mass is 244 g/mol. The van der Waals surface area contributed by atoms with Crippen molar-refractivity contribution >= 4 is 14.3 Å². The lowest BCUT2D eigenvalue weighted by molar-refractivity contribution is -0.143. The Balaban J connectivity index is 2.52. The van der Waals surface area contributed by atoms with E-state index in [1.807, 2.05) is 0 Å². The first-order valence-electron chi connectivity index (χ1n) is 6.02. The highest BCUT2D eigenvalue weighted by Crippen LogP contribution is 2.40. The molecule has 0 amide bonds. The van der Waals surface area contributed by atoms with Crippen molar-refractivity contribution in [2.45, 2.75) is 51.7 Å². The van der Waals surface area contributed by atoms with Gasteiger partial charge in [-0.1, -0.05) is 20.8 Å². The van der Waals surface area contributed by atoms with Crippen molar-refractivity contribution in [3.8, 4) is 0 Å². The maximum atomic E-state index is 11.1. The molecule has 16 heavy (non-hydrogen) atoms. The van der Waals surface area contributed by atoms with E-state index in [4.69, 9.17) is 9.53 Å². The molecule has 3 nitrogen and oxygen atoms in total. The summed E-state index contributed by atoms with van der Waals surface area (Å²) in [6.07, 6.45) is 2.11. The van der Waals surface area contributed by atoms with E-state index in [0.29, 0.717) is 12.5 Å². The molecule has 1 N–H and O–H groups in total. The van der Waals surface area contributed by atoms with Crippen molar-refractivity contribution in [1.29, 1.82) is 0 Å². The molecule has 4 heteroatoms. The zero-order chi connectivity index (χ0) is 12.6. The van der Waals surface area contributed by atoms with E-state index in [2.05, 4.69) is 33.9 Å². The number of rotatable bonds is 5. The minimum atomic E-state index is -1.79. The molecule has 0 aromatic carbocycles. The number of aliphatic carboxylic acids is 1. The molecule has 1 fully saturated rings. The van der Waals surface area contributed by atoms with Gasteiger partial charge in [-0.3, -0.25) is 4.79 Å². The van der Waals surface area contributed by atoms with Crippen molar-refractivity contribution in [1.82, 2.24) is 0 Å². The van der Waals surface area contributed by atoms with Gasteiger partial charge in [0, 0.05) is 6.61 Å². The molecule has 1 aliphatic rings. The van der Waals surface area contributed by atoms with Crippen LogP contribution in [0.25, 0.3) is 0 Å². The van der Waals surface area contributed by atoms with Crippen LogP contribution in [-0.2, 0) is 9.22 Å². The molecular weight excluding hydrogens is 220 g/mol. The Kier molecular flexibility index (Phi) is 3.85. The van der Waals surface area contributed by atoms with E-state index in [-0.39, 0.29) is 11.0 Å². The normalized spacial score (nSPS) is 19.6. The molecule has 1 unspecified atom stereocenters. The molecule has 0 spiro atoms. The Morgan fingerprint density at radius 3 is 2.25 bits per heavy atom. The zero-order valence-corrected chi connectivity index (χ0v) is 12.0. The molecule has 1 aliphatic carbocycles. The van der Waals surface area contributed by atoms with Gasteiger partial charge in [0.25, 0.3) is 0 Å². The topological polar surface area (TPSA) is 46.5 Å². The second-order valence-corrected chi connectivity index (χ2v) is 11.2. The molecule has 0 heterocycles. The standard InChI is InChI=1S/C12H24O3Si/c1-12(2,3)16(4,5)15-8-10(11(13)14)9-6-7-9/h9-10H,6-8H2,1-5H3,(H,13,14). The lowest BCUT2D eigenvalue weighted by Gasteiger charge is -2.36. The fraction of sp³-hybridized carbons (Fsp3) is 0.917. The predicted octanol–water partition coefficient (Wildman–Crippen LogP) is 3.12. The summed E-state index contributed by atoms with van der Waals surface area (Å²) in [6.45, 7) is 11.2. The van der Waals surface area contributed by atoms with Crippen LogP contribution in [0.4, 0.5) is 0 Å². The van der Waals surface area contributed by atoms with Crippen LogP contribution in [0.15, 0.2) is 0 Å². The highest BCUT2D eigenvalue weighted by molar-refractivity contribution is 6.74. The molecule has 1 rings (SSSR count). The highest BCUT2D eigenvalue weighted by atomic mass is 28.4. The van der Waals surface area contributed by atoms with Crippen LogP contribution >= 0.6 is 0 Å². The summed E-state index contributed by atoms with van der Waals surface area (Å²) >= 11 is 0. The van der Waals surface area contributed by atoms with Crippen LogP contribution in [-0.4, -0.2) is 26.0 Å². The van der Waals surface area contributed by atoms with Crippen LogP contribution in [0.3, 0.4) is 0 Å². The second kappa shape index (κ2) is 4.49. The van der Waals surface area contributed by atoms with Gasteiger partial charge in [0.15, 0.2) is 8.32 Å². The number of carboxylic acids is 1. The van der Waals surface area contributed by atoms with Crippen molar-refractivity contribution in [3.05, 3.63) is 0 Å². The maximum absolute atomic E-state index is 11.1. The molecular formula is C12H24O3Si. The smallest absolute Gasteiger partial charge is 0.309 e. The highest BCUT2D eigenvalue weighted by Gasteiger charge is 2.41. The summed E-state index contributed by atoms with van der Waals surface area (Å²) in [4.78, 5) is 11.1. The summed E-state index contributed by atoms with van der Waals surface area (Å²) in [5, 5.41) is 9.27. The Hall–Kier alpha value is -0.353. The van der Waals surface area contributed by atoms with Crippen molar-refractivity contribution in [2.24, 2.45) is 11.8 Å². The number of carboxylic acid groups (broad SMARTS) is 1. The molecule has 0 aromatic rings. The third-order valence-electron chi connectivity index (χ3n) is 3.94. The zero-order valence-electron chi connectivity index (χ0n) is 11.0. The van der Waals surface area contributed by atoms with E-state index in [9.17, 15) is 4.79 Å². The first kappa shape index (κ1) is 13.7. The lowest BCUT2D eigenvalue weighted by Crippen LogP contribution is -2.42. The molecule has 0 saturated heterocycles. The van der Waals surface area contributed by atoms with Gasteiger partial charge in [-0.25, -0.2) is 0 Å². The number of hydrogen-bond acceptors (Lipinski definition) is 2. The number of carbonyl (C=O) groups is 1. The van der Waals surface area contributed by atoms with Gasteiger partial charge >= 0.3 is 5.97 Å². The SMILES string of the molecule is CC(C)(C)[Si](C)(C)OCC(C(=O)O)C1CC1. The van der Waals surface area contributed by atoms with Gasteiger partial charge in [-0.15, -0.1) is 0 Å². The molecule has 0 bridgehead atoms. The van der Waals surface area contributed by atoms with Gasteiger partial charge in [0.05, 0.1) is 5.92 Å². The molecule has 0 aromatic heterocycles. The van der Waals surface area contributed by atoms with Crippen molar-refractivity contribution in [2.75, 3.05) is 6.61 Å². The Labute approximate surface area is 99.3 Å². The predicted molar refractivity (Wildman–Crippen MR) is 67.0 cm³/mol. The lowest BCUT2D eigenvalue weighted by atomic mass is 10.1. The van der Waals surface area contributed by atoms with Gasteiger partial charge in [0.1, 0.15) is 0 Å². The van der Waals surface area contributed by atoms with E-state index in [0.717, 1.165) is 12.8 Å². The van der Waals surface area contributed by atoms with E-state index < -0.39 is 14.3 Å². The largest absolute Gasteiger partial charge is 0.481 e. The average molecular weight is 244 g/mol. The Bertz CT molecular complexity index is 264. The fourth-order valence-corrected chi connectivity index (χ4v) is 2.45. The quantitative estimate of drug-likeness (QED) is 0.756. The summed E-state index contributed by atoms with van der Waals surface area (Å²) in [6, 6.07) is 0. The maximum Gasteiger partial charge on any atom is 0.309 e. The molecule has 1 atom stereocenters. The van der Waals surface area contributed by atoms with Gasteiger partial charge in [-0.05, 0) is 36.9 Å². The summed E-state index contributed by atoms with van der Waals surface area (Å²) in [7, 11) is -1.79. The summed E-state index contributed by atoms with van der Waals surface area (Å²) in [5.74, 6) is -0.613. The van der Waals surface area contributed by atoms with Gasteiger partial charge in [-0.2, -0.15) is 0 Å². The van der Waals surface area contributed by atoms with Crippen molar-refractivity contribution in [3.63, 3.8) is 0 Å². The van der Waals surface area contributed by atoms with E-state index in [1.165, 1.54) is 0 Å². The molecule has 1 saturated carbocycles. The summed E-state index contributed by atoms with van der Waals surface area (Å²) in [5.41, 5.74) is 0. The van der Waals surface area contributed by atoms with Crippen LogP contribution in [0.2, 0.25) is 18.1 Å². The van der Waals surface area contributed by atoms with Crippen LogP contribution < -0.4 is 0 Å². The minimum absolute atomic E-state index is 0.152. The Morgan fingerprint density at radius 1 is 1.44 bits per heavy atom. The number of hydrogen-bond donors (Lipinski definition) is 1. The second-order valence-electron chi connectivity index (χ2n) is 6.35.